The normalized spacial score (nSPS) is 18.3. The standard InChI is InChI=1S/C22H28N2O2/c1-17-6-2-3-7-20(17)18-14-19-16-24(11-10-23-8-4-5-9-23)12-13-26-22(19)21(25)15-18/h2-3,6-7,14-15,25H,4-5,8-13,16H2,1H3. The molecule has 0 spiro atoms. The summed E-state index contributed by atoms with van der Waals surface area (Å²) in [6.45, 7) is 9.12. The molecule has 26 heavy (non-hydrogen) atoms. The Hall–Kier alpha value is -2.04. The number of likely N-dealkylation sites (tertiary alicyclic amines) is 1. The summed E-state index contributed by atoms with van der Waals surface area (Å²) >= 11 is 0. The van der Waals surface area contributed by atoms with Crippen LogP contribution in [-0.4, -0.2) is 54.2 Å². The second-order valence-corrected chi connectivity index (χ2v) is 7.47. The van der Waals surface area contributed by atoms with Crippen LogP contribution in [0.5, 0.6) is 11.5 Å². The Labute approximate surface area is 156 Å². The average molecular weight is 352 g/mol. The number of nitrogens with zero attached hydrogens (tertiary/aromatic N) is 2. The van der Waals surface area contributed by atoms with E-state index in [9.17, 15) is 5.11 Å². The third-order valence-corrected chi connectivity index (χ3v) is 5.58. The summed E-state index contributed by atoms with van der Waals surface area (Å²) in [6, 6.07) is 12.3. The molecule has 2 aromatic carbocycles. The van der Waals surface area contributed by atoms with Gasteiger partial charge in [0.15, 0.2) is 11.5 Å². The summed E-state index contributed by atoms with van der Waals surface area (Å²) in [7, 11) is 0. The van der Waals surface area contributed by atoms with E-state index in [1.807, 2.05) is 18.2 Å². The number of phenols is 1. The first-order valence-electron chi connectivity index (χ1n) is 9.70. The molecule has 1 saturated heterocycles. The zero-order valence-electron chi connectivity index (χ0n) is 15.6. The van der Waals surface area contributed by atoms with Crippen molar-refractivity contribution >= 4 is 0 Å². The molecule has 0 radical (unpaired) electrons. The number of hydrogen-bond donors (Lipinski definition) is 1. The molecular formula is C22H28N2O2. The number of benzene rings is 2. The highest BCUT2D eigenvalue weighted by atomic mass is 16.5. The summed E-state index contributed by atoms with van der Waals surface area (Å²) in [6.07, 6.45) is 2.67. The van der Waals surface area contributed by atoms with Gasteiger partial charge in [-0.2, -0.15) is 0 Å². The molecule has 4 nitrogen and oxygen atoms in total. The van der Waals surface area contributed by atoms with Crippen molar-refractivity contribution in [1.29, 1.82) is 0 Å². The van der Waals surface area contributed by atoms with E-state index in [1.54, 1.807) is 0 Å². The molecule has 1 fully saturated rings. The molecule has 0 bridgehead atoms. The fourth-order valence-corrected chi connectivity index (χ4v) is 4.09. The molecule has 0 amide bonds. The van der Waals surface area contributed by atoms with Crippen molar-refractivity contribution in [3.05, 3.63) is 47.5 Å². The minimum absolute atomic E-state index is 0.252. The first-order chi connectivity index (χ1) is 12.7. The molecule has 0 saturated carbocycles. The molecule has 4 heteroatoms. The lowest BCUT2D eigenvalue weighted by Gasteiger charge is -2.23. The third kappa shape index (κ3) is 3.71. The lowest BCUT2D eigenvalue weighted by atomic mass is 9.98. The topological polar surface area (TPSA) is 35.9 Å². The Morgan fingerprint density at radius 2 is 1.77 bits per heavy atom. The molecule has 4 rings (SSSR count). The van der Waals surface area contributed by atoms with E-state index in [0.29, 0.717) is 12.4 Å². The molecule has 0 aliphatic carbocycles. The van der Waals surface area contributed by atoms with Gasteiger partial charge in [0.2, 0.25) is 0 Å². The molecule has 0 aromatic heterocycles. The quantitative estimate of drug-likeness (QED) is 0.911. The Morgan fingerprint density at radius 3 is 2.58 bits per heavy atom. The molecule has 2 aliphatic heterocycles. The van der Waals surface area contributed by atoms with Crippen molar-refractivity contribution in [2.45, 2.75) is 26.3 Å². The summed E-state index contributed by atoms with van der Waals surface area (Å²) in [5.74, 6) is 0.910. The van der Waals surface area contributed by atoms with E-state index in [2.05, 4.69) is 34.9 Å². The first kappa shape index (κ1) is 17.4. The van der Waals surface area contributed by atoms with Gasteiger partial charge in [-0.3, -0.25) is 4.90 Å². The smallest absolute Gasteiger partial charge is 0.165 e. The fraction of sp³-hybridized carbons (Fsp3) is 0.455. The van der Waals surface area contributed by atoms with Crippen LogP contribution < -0.4 is 4.74 Å². The Morgan fingerprint density at radius 1 is 1.00 bits per heavy atom. The number of hydrogen-bond acceptors (Lipinski definition) is 4. The van der Waals surface area contributed by atoms with E-state index in [0.717, 1.165) is 37.3 Å². The largest absolute Gasteiger partial charge is 0.504 e. The van der Waals surface area contributed by atoms with Crippen LogP contribution in [0.15, 0.2) is 36.4 Å². The van der Waals surface area contributed by atoms with Crippen LogP contribution >= 0.6 is 0 Å². The van der Waals surface area contributed by atoms with Gasteiger partial charge in [-0.25, -0.2) is 0 Å². The van der Waals surface area contributed by atoms with E-state index in [1.165, 1.54) is 37.1 Å². The number of fused-ring (bicyclic) bond motifs is 1. The van der Waals surface area contributed by atoms with Gasteiger partial charge in [-0.15, -0.1) is 0 Å². The van der Waals surface area contributed by atoms with E-state index < -0.39 is 0 Å². The number of ether oxygens (including phenoxy) is 1. The maximum absolute atomic E-state index is 10.6. The Kier molecular flexibility index (Phi) is 5.14. The predicted octanol–water partition coefficient (Wildman–Crippen LogP) is 3.66. The van der Waals surface area contributed by atoms with Gasteiger partial charge in [-0.1, -0.05) is 24.3 Å². The van der Waals surface area contributed by atoms with Gasteiger partial charge < -0.3 is 14.7 Å². The Bertz CT molecular complexity index is 769. The van der Waals surface area contributed by atoms with Gasteiger partial charge in [0.25, 0.3) is 0 Å². The van der Waals surface area contributed by atoms with Crippen LogP contribution in [0.3, 0.4) is 0 Å². The summed E-state index contributed by atoms with van der Waals surface area (Å²) in [5.41, 5.74) is 4.53. The van der Waals surface area contributed by atoms with Crippen LogP contribution in [0, 0.1) is 6.92 Å². The number of rotatable bonds is 4. The van der Waals surface area contributed by atoms with Gasteiger partial charge >= 0.3 is 0 Å². The van der Waals surface area contributed by atoms with Crippen molar-refractivity contribution < 1.29 is 9.84 Å². The van der Waals surface area contributed by atoms with Crippen LogP contribution in [0.25, 0.3) is 11.1 Å². The fourth-order valence-electron chi connectivity index (χ4n) is 4.09. The maximum Gasteiger partial charge on any atom is 0.165 e. The highest BCUT2D eigenvalue weighted by molar-refractivity contribution is 5.71. The second kappa shape index (κ2) is 7.68. The zero-order valence-corrected chi connectivity index (χ0v) is 15.6. The van der Waals surface area contributed by atoms with Gasteiger partial charge in [-0.05, 0) is 61.7 Å². The number of aryl methyl sites for hydroxylation is 1. The summed E-state index contributed by atoms with van der Waals surface area (Å²) in [5, 5.41) is 10.6. The van der Waals surface area contributed by atoms with Gasteiger partial charge in [0.05, 0.1) is 0 Å². The second-order valence-electron chi connectivity index (χ2n) is 7.47. The van der Waals surface area contributed by atoms with E-state index in [4.69, 9.17) is 4.74 Å². The lowest BCUT2D eigenvalue weighted by molar-refractivity contribution is 0.197. The van der Waals surface area contributed by atoms with Crippen molar-refractivity contribution in [3.8, 4) is 22.6 Å². The molecule has 2 aromatic rings. The molecular weight excluding hydrogens is 324 g/mol. The van der Waals surface area contributed by atoms with E-state index >= 15 is 0 Å². The Balaban J connectivity index is 1.56. The summed E-state index contributed by atoms with van der Waals surface area (Å²) in [4.78, 5) is 5.00. The minimum atomic E-state index is 0.252. The molecule has 2 aliphatic rings. The molecule has 0 atom stereocenters. The molecule has 2 heterocycles. The third-order valence-electron chi connectivity index (χ3n) is 5.58. The first-order valence-corrected chi connectivity index (χ1v) is 9.70. The van der Waals surface area contributed by atoms with Crippen LogP contribution in [0.2, 0.25) is 0 Å². The van der Waals surface area contributed by atoms with Crippen LogP contribution in [0.1, 0.15) is 24.0 Å². The van der Waals surface area contributed by atoms with E-state index in [-0.39, 0.29) is 5.75 Å². The van der Waals surface area contributed by atoms with Gasteiger partial charge in [0, 0.05) is 31.7 Å². The van der Waals surface area contributed by atoms with Crippen molar-refractivity contribution in [1.82, 2.24) is 9.80 Å². The highest BCUT2D eigenvalue weighted by Crippen LogP contribution is 2.38. The lowest BCUT2D eigenvalue weighted by Crippen LogP contribution is -2.34. The van der Waals surface area contributed by atoms with Crippen molar-refractivity contribution in [2.24, 2.45) is 0 Å². The molecule has 1 N–H and O–H groups in total. The SMILES string of the molecule is Cc1ccccc1-c1cc(O)c2c(c1)CN(CCN1CCCC1)CCO2. The molecule has 138 valence electrons. The zero-order chi connectivity index (χ0) is 17.9. The van der Waals surface area contributed by atoms with Crippen molar-refractivity contribution in [2.75, 3.05) is 39.3 Å². The maximum atomic E-state index is 10.6. The summed E-state index contributed by atoms with van der Waals surface area (Å²) < 4.78 is 5.90. The van der Waals surface area contributed by atoms with Crippen molar-refractivity contribution in [3.63, 3.8) is 0 Å². The average Bonchev–Trinajstić information content (AvgIpc) is 3.06. The highest BCUT2D eigenvalue weighted by Gasteiger charge is 2.21. The minimum Gasteiger partial charge on any atom is -0.504 e. The monoisotopic (exact) mass is 352 g/mol. The van der Waals surface area contributed by atoms with Gasteiger partial charge in [0.1, 0.15) is 6.61 Å². The van der Waals surface area contributed by atoms with Crippen LogP contribution in [0.4, 0.5) is 0 Å². The number of aromatic hydroxyl groups is 1. The molecule has 0 unspecified atom stereocenters. The number of phenolic OH excluding ortho intramolecular Hbond substituents is 1. The predicted molar refractivity (Wildman–Crippen MR) is 105 cm³/mol. The van der Waals surface area contributed by atoms with Crippen LogP contribution in [-0.2, 0) is 6.54 Å².